The molecule has 4 nitrogen and oxygen atoms in total. The highest BCUT2D eigenvalue weighted by Gasteiger charge is 2.47. The van der Waals surface area contributed by atoms with E-state index in [1.807, 2.05) is 26.8 Å². The second-order valence-corrected chi connectivity index (χ2v) is 6.29. The van der Waals surface area contributed by atoms with Crippen LogP contribution in [0.3, 0.4) is 0 Å². The highest BCUT2D eigenvalue weighted by atomic mass is 19.1. The van der Waals surface area contributed by atoms with Gasteiger partial charge in [0.1, 0.15) is 0 Å². The van der Waals surface area contributed by atoms with Gasteiger partial charge in [-0.3, -0.25) is 4.79 Å². The standard InChI is InChI=1S/C16H19FO4/c1-16(2,3)15-20-12(14(19)21-15)11(13(17)18)9-10-7-5-4-6-8-10/h4-8,11-12,15H,9H2,1-3H3/t11?,12?,15-/m0/s1. The molecule has 114 valence electrons. The molecule has 2 rings (SSSR count). The average Bonchev–Trinajstić information content (AvgIpc) is 2.79. The Morgan fingerprint density at radius 2 is 1.90 bits per heavy atom. The Kier molecular flexibility index (Phi) is 4.42. The molecule has 0 N–H and O–H groups in total. The molecular formula is C16H19FO4. The molecule has 2 unspecified atom stereocenters. The Bertz CT molecular complexity index is 521. The average molecular weight is 294 g/mol. The predicted molar refractivity (Wildman–Crippen MR) is 74.0 cm³/mol. The summed E-state index contributed by atoms with van der Waals surface area (Å²) in [4.78, 5) is 23.2. The zero-order chi connectivity index (χ0) is 15.6. The largest absolute Gasteiger partial charge is 0.433 e. The number of halogens is 1. The number of ether oxygens (including phenoxy) is 2. The summed E-state index contributed by atoms with van der Waals surface area (Å²) in [6.07, 6.45) is -1.85. The molecule has 5 heteroatoms. The molecule has 0 radical (unpaired) electrons. The molecule has 1 aliphatic rings. The van der Waals surface area contributed by atoms with Gasteiger partial charge < -0.3 is 9.47 Å². The van der Waals surface area contributed by atoms with Crippen molar-refractivity contribution in [3.63, 3.8) is 0 Å². The number of carbonyl (C=O) groups excluding carboxylic acids is 2. The van der Waals surface area contributed by atoms with Gasteiger partial charge in [0.25, 0.3) is 0 Å². The molecule has 3 atom stereocenters. The first kappa shape index (κ1) is 15.6. The van der Waals surface area contributed by atoms with E-state index >= 15 is 0 Å². The monoisotopic (exact) mass is 294 g/mol. The van der Waals surface area contributed by atoms with Gasteiger partial charge in [0, 0.05) is 5.41 Å². The van der Waals surface area contributed by atoms with Gasteiger partial charge in [-0.25, -0.2) is 4.79 Å². The van der Waals surface area contributed by atoms with Gasteiger partial charge in [0.15, 0.2) is 6.10 Å². The molecule has 21 heavy (non-hydrogen) atoms. The van der Waals surface area contributed by atoms with Gasteiger partial charge in [0.2, 0.25) is 6.29 Å². The highest BCUT2D eigenvalue weighted by molar-refractivity contribution is 5.84. The molecule has 0 aliphatic carbocycles. The van der Waals surface area contributed by atoms with E-state index in [0.29, 0.717) is 0 Å². The fourth-order valence-electron chi connectivity index (χ4n) is 2.20. The van der Waals surface area contributed by atoms with Crippen LogP contribution in [-0.4, -0.2) is 24.4 Å². The van der Waals surface area contributed by atoms with E-state index in [2.05, 4.69) is 0 Å². The van der Waals surface area contributed by atoms with E-state index in [-0.39, 0.29) is 6.42 Å². The van der Waals surface area contributed by atoms with Crippen molar-refractivity contribution in [3.05, 3.63) is 35.9 Å². The maximum Gasteiger partial charge on any atom is 0.338 e. The van der Waals surface area contributed by atoms with Gasteiger partial charge in [-0.15, -0.1) is 0 Å². The topological polar surface area (TPSA) is 52.6 Å². The van der Waals surface area contributed by atoms with Crippen LogP contribution in [0.1, 0.15) is 26.3 Å². The van der Waals surface area contributed by atoms with Crippen LogP contribution in [0.4, 0.5) is 4.39 Å². The quantitative estimate of drug-likeness (QED) is 0.633. The molecule has 0 spiro atoms. The first-order valence-corrected chi connectivity index (χ1v) is 6.88. The minimum atomic E-state index is -1.56. The number of rotatable bonds is 4. The summed E-state index contributed by atoms with van der Waals surface area (Å²) in [5, 5.41) is 0. The van der Waals surface area contributed by atoms with Crippen molar-refractivity contribution in [1.29, 1.82) is 0 Å². The van der Waals surface area contributed by atoms with Crippen LogP contribution in [-0.2, 0) is 25.5 Å². The third kappa shape index (κ3) is 3.67. The van der Waals surface area contributed by atoms with Crippen molar-refractivity contribution < 1.29 is 23.5 Å². The van der Waals surface area contributed by atoms with Gasteiger partial charge >= 0.3 is 12.0 Å². The Labute approximate surface area is 123 Å². The number of cyclic esters (lactones) is 1. The molecule has 1 fully saturated rings. The molecule has 0 saturated carbocycles. The van der Waals surface area contributed by atoms with E-state index < -0.39 is 35.7 Å². The molecule has 1 aliphatic heterocycles. The fraction of sp³-hybridized carbons (Fsp3) is 0.500. The van der Waals surface area contributed by atoms with Gasteiger partial charge in [0.05, 0.1) is 5.92 Å². The zero-order valence-corrected chi connectivity index (χ0v) is 12.3. The molecule has 1 saturated heterocycles. The fourth-order valence-corrected chi connectivity index (χ4v) is 2.20. The summed E-state index contributed by atoms with van der Waals surface area (Å²) < 4.78 is 24.0. The van der Waals surface area contributed by atoms with Crippen molar-refractivity contribution in [2.24, 2.45) is 11.3 Å². The summed E-state index contributed by atoms with van der Waals surface area (Å²) in [5.41, 5.74) is 0.338. The second-order valence-electron chi connectivity index (χ2n) is 6.29. The van der Waals surface area contributed by atoms with Crippen LogP contribution >= 0.6 is 0 Å². The first-order valence-electron chi connectivity index (χ1n) is 6.88. The first-order chi connectivity index (χ1) is 9.79. The van der Waals surface area contributed by atoms with Crippen LogP contribution < -0.4 is 0 Å². The van der Waals surface area contributed by atoms with Crippen LogP contribution in [0, 0.1) is 11.3 Å². The van der Waals surface area contributed by atoms with Crippen LogP contribution in [0.15, 0.2) is 30.3 Å². The minimum absolute atomic E-state index is 0.104. The van der Waals surface area contributed by atoms with Gasteiger partial charge in [-0.05, 0) is 12.0 Å². The summed E-state index contributed by atoms with van der Waals surface area (Å²) in [5.74, 6) is -1.85. The van der Waals surface area contributed by atoms with E-state index in [0.717, 1.165) is 5.56 Å². The van der Waals surface area contributed by atoms with Crippen molar-refractivity contribution in [2.45, 2.75) is 39.6 Å². The molecular weight excluding hydrogens is 275 g/mol. The number of hydrogen-bond acceptors (Lipinski definition) is 4. The molecule has 0 amide bonds. The lowest BCUT2D eigenvalue weighted by atomic mass is 9.94. The molecule has 1 aromatic carbocycles. The summed E-state index contributed by atoms with van der Waals surface area (Å²) in [7, 11) is 0. The zero-order valence-electron chi connectivity index (χ0n) is 12.3. The maximum absolute atomic E-state index is 13.4. The Morgan fingerprint density at radius 3 is 2.38 bits per heavy atom. The van der Waals surface area contributed by atoms with Crippen molar-refractivity contribution >= 4 is 12.0 Å². The number of benzene rings is 1. The van der Waals surface area contributed by atoms with E-state index in [4.69, 9.17) is 9.47 Å². The van der Waals surface area contributed by atoms with E-state index in [1.165, 1.54) is 0 Å². The lowest BCUT2D eigenvalue weighted by Crippen LogP contribution is -2.34. The highest BCUT2D eigenvalue weighted by Crippen LogP contribution is 2.33. The second kappa shape index (κ2) is 5.93. The Hall–Kier alpha value is -1.75. The normalized spacial score (nSPS) is 23.7. The predicted octanol–water partition coefficient (Wildman–Crippen LogP) is 2.66. The number of hydrogen-bond donors (Lipinski definition) is 0. The SMILES string of the molecule is CC(C)(C)[C@@H]1OC(=O)C(C(Cc2ccccc2)C(=O)F)O1. The minimum Gasteiger partial charge on any atom is -0.433 e. The molecule has 0 bridgehead atoms. The summed E-state index contributed by atoms with van der Waals surface area (Å²) in [6, 6.07) is 7.40. The van der Waals surface area contributed by atoms with Gasteiger partial charge in [-0.1, -0.05) is 51.1 Å². The third-order valence-corrected chi connectivity index (χ3v) is 3.39. The van der Waals surface area contributed by atoms with Crippen molar-refractivity contribution in [2.75, 3.05) is 0 Å². The molecule has 1 aromatic rings. The lowest BCUT2D eigenvalue weighted by Gasteiger charge is -2.24. The summed E-state index contributed by atoms with van der Waals surface area (Å²) >= 11 is 0. The van der Waals surface area contributed by atoms with Crippen LogP contribution in [0.5, 0.6) is 0 Å². The van der Waals surface area contributed by atoms with Crippen LogP contribution in [0.25, 0.3) is 0 Å². The number of carbonyl (C=O) groups is 2. The lowest BCUT2D eigenvalue weighted by molar-refractivity contribution is -0.155. The number of esters is 1. The maximum atomic E-state index is 13.4. The van der Waals surface area contributed by atoms with E-state index in [9.17, 15) is 14.0 Å². The van der Waals surface area contributed by atoms with Gasteiger partial charge in [-0.2, -0.15) is 4.39 Å². The molecule has 1 heterocycles. The molecule has 0 aromatic heterocycles. The van der Waals surface area contributed by atoms with Crippen LogP contribution in [0.2, 0.25) is 0 Å². The third-order valence-electron chi connectivity index (χ3n) is 3.39. The summed E-state index contributed by atoms with van der Waals surface area (Å²) in [6.45, 7) is 5.53. The van der Waals surface area contributed by atoms with Crippen molar-refractivity contribution in [3.8, 4) is 0 Å². The van der Waals surface area contributed by atoms with Crippen molar-refractivity contribution in [1.82, 2.24) is 0 Å². The Balaban J connectivity index is 2.16. The van der Waals surface area contributed by atoms with E-state index in [1.54, 1.807) is 24.3 Å². The smallest absolute Gasteiger partial charge is 0.338 e. The Morgan fingerprint density at radius 1 is 1.29 bits per heavy atom.